The van der Waals surface area contributed by atoms with E-state index in [0.717, 1.165) is 6.92 Å². The molecule has 3 saturated heterocycles. The molecule has 3 heterocycles. The van der Waals surface area contributed by atoms with Crippen molar-refractivity contribution >= 4 is 30.6 Å². The van der Waals surface area contributed by atoms with Crippen LogP contribution in [0.3, 0.4) is 0 Å². The highest BCUT2D eigenvalue weighted by Crippen LogP contribution is 2.41. The zero-order chi connectivity index (χ0) is 26.5. The molecule has 18 nitrogen and oxygen atoms in total. The third kappa shape index (κ3) is 6.56. The summed E-state index contributed by atoms with van der Waals surface area (Å²) < 4.78 is 52.8. The van der Waals surface area contributed by atoms with Gasteiger partial charge < -0.3 is 43.7 Å². The van der Waals surface area contributed by atoms with Crippen LogP contribution in [0.4, 0.5) is 0 Å². The first kappa shape index (κ1) is 30.1. The Balaban J connectivity index is 1.83. The van der Waals surface area contributed by atoms with Gasteiger partial charge in [0.25, 0.3) is 5.79 Å². The number of rotatable bonds is 13. The molecule has 0 aliphatic carbocycles. The molecule has 5 unspecified atom stereocenters. The lowest BCUT2D eigenvalue weighted by Gasteiger charge is -2.46. The summed E-state index contributed by atoms with van der Waals surface area (Å²) in [4.78, 5) is 11.6. The lowest BCUT2D eigenvalue weighted by Crippen LogP contribution is -2.64. The highest BCUT2D eigenvalue weighted by Gasteiger charge is 2.61. The van der Waals surface area contributed by atoms with Crippen LogP contribution >= 0.6 is 24.6 Å². The molecule has 0 amide bonds. The third-order valence-electron chi connectivity index (χ3n) is 5.60. The van der Waals surface area contributed by atoms with E-state index in [4.69, 9.17) is 47.3 Å². The van der Waals surface area contributed by atoms with Crippen molar-refractivity contribution in [3.8, 4) is 0 Å². The van der Waals surface area contributed by atoms with Crippen molar-refractivity contribution in [2.45, 2.75) is 81.0 Å². The fourth-order valence-corrected chi connectivity index (χ4v) is 4.72. The van der Waals surface area contributed by atoms with Gasteiger partial charge in [0.15, 0.2) is 43.3 Å². The fourth-order valence-electron chi connectivity index (χ4n) is 3.96. The van der Waals surface area contributed by atoms with Crippen LogP contribution in [-0.4, -0.2) is 113 Å². The van der Waals surface area contributed by atoms with E-state index in [9.17, 15) is 20.1 Å². The van der Waals surface area contributed by atoms with Gasteiger partial charge in [-0.2, -0.15) is 0 Å². The number of aliphatic hydroxyl groups is 2. The molecule has 0 spiro atoms. The maximum atomic E-state index is 11.6. The number of fused-ring (bicyclic) bond motifs is 1. The molecule has 20 heteroatoms. The summed E-state index contributed by atoms with van der Waals surface area (Å²) in [5, 5.41) is 53.9. The third-order valence-corrected chi connectivity index (χ3v) is 6.43. The first-order valence-corrected chi connectivity index (χ1v) is 11.5. The van der Waals surface area contributed by atoms with Gasteiger partial charge in [-0.25, -0.2) is 15.3 Å². The Morgan fingerprint density at radius 2 is 1.64 bits per heavy atom. The summed E-state index contributed by atoms with van der Waals surface area (Å²) in [6, 6.07) is 0. The highest BCUT2D eigenvalue weighted by molar-refractivity contribution is 7.89. The Morgan fingerprint density at radius 1 is 1.00 bits per heavy atom. The molecule has 3 rings (SSSR count). The van der Waals surface area contributed by atoms with E-state index in [1.54, 1.807) is 6.92 Å². The van der Waals surface area contributed by atoms with Gasteiger partial charge in [0, 0.05) is 14.0 Å². The molecule has 0 bridgehead atoms. The minimum atomic E-state index is -2.09. The second-order valence-corrected chi connectivity index (χ2v) is 8.65. The summed E-state index contributed by atoms with van der Waals surface area (Å²) in [7, 11) is 1.27. The van der Waals surface area contributed by atoms with Crippen LogP contribution in [-0.2, 0) is 60.3 Å². The number of hydrogen-bond donors (Lipinski definition) is 5. The van der Waals surface area contributed by atoms with Crippen LogP contribution < -0.4 is 0 Å². The first-order valence-electron chi connectivity index (χ1n) is 10.2. The molecule has 5 N–H and O–H groups in total. The Kier molecular flexibility index (Phi) is 11.3. The molecule has 36 heavy (non-hydrogen) atoms. The molecular formula is C16H26O18S2. The molecule has 3 fully saturated rings. The number of carboxylic acid groups (broad SMARTS) is 1. The van der Waals surface area contributed by atoms with Crippen LogP contribution in [0.15, 0.2) is 0 Å². The second-order valence-electron chi connectivity index (χ2n) is 7.72. The van der Waals surface area contributed by atoms with Crippen molar-refractivity contribution in [1.82, 2.24) is 0 Å². The van der Waals surface area contributed by atoms with E-state index in [1.165, 1.54) is 7.11 Å². The summed E-state index contributed by atoms with van der Waals surface area (Å²) in [6.45, 7) is 2.11. The van der Waals surface area contributed by atoms with Crippen molar-refractivity contribution in [3.63, 3.8) is 0 Å². The SMILES string of the molecule is COC1[C@H]2OC(C)(C(=O)O)OC2O[C@@H](O[C@H]2C(CO)O[C@@H](C)[C@H](OSOOO)C2O)[C@@H]1OSOOO. The Labute approximate surface area is 211 Å². The minimum absolute atomic E-state index is 0.157. The molecule has 210 valence electrons. The number of carbonyl (C=O) groups is 1. The summed E-state index contributed by atoms with van der Waals surface area (Å²) in [6.07, 6.45) is -12.1. The second kappa shape index (κ2) is 13.5. The Hall–Kier alpha value is -0.470. The standard InChI is InChI=1S/C16H26O18S2/c1-5-8(29-35-33-31-21)7(18)9(6(4-17)24-5)25-13-12(30-36-34-32-22)10(23-3)11-14(26-13)28-16(2,27-11)15(19)20/h5-14,17-18,21-22H,4H2,1-3H3,(H,19,20)/t5-,6?,7?,8-,9-,10?,11+,12+,13+,14?,16?/m0/s1. The molecule has 0 aromatic rings. The summed E-state index contributed by atoms with van der Waals surface area (Å²) in [5.41, 5.74) is 0. The van der Waals surface area contributed by atoms with E-state index >= 15 is 0 Å². The number of ether oxygens (including phenoxy) is 6. The molecule has 0 aromatic heterocycles. The van der Waals surface area contributed by atoms with E-state index in [1.807, 2.05) is 0 Å². The molecule has 3 aliphatic heterocycles. The molecule has 3 aliphatic rings. The summed E-state index contributed by atoms with van der Waals surface area (Å²) in [5.74, 6) is -3.53. The predicted octanol–water partition coefficient (Wildman–Crippen LogP) is -0.835. The number of carboxylic acids is 1. The number of methoxy groups -OCH3 is 1. The average Bonchev–Trinajstić information content (AvgIpc) is 3.20. The van der Waals surface area contributed by atoms with Crippen molar-refractivity contribution < 1.29 is 86.2 Å². The lowest BCUT2D eigenvalue weighted by atomic mass is 9.95. The Morgan fingerprint density at radius 3 is 2.19 bits per heavy atom. The van der Waals surface area contributed by atoms with Crippen LogP contribution in [0.2, 0.25) is 0 Å². The van der Waals surface area contributed by atoms with Crippen molar-refractivity contribution in [2.75, 3.05) is 13.7 Å². The van der Waals surface area contributed by atoms with Gasteiger partial charge in [-0.15, -0.1) is 8.67 Å². The van der Waals surface area contributed by atoms with Crippen LogP contribution in [0.1, 0.15) is 13.8 Å². The molecule has 0 aromatic carbocycles. The predicted molar refractivity (Wildman–Crippen MR) is 108 cm³/mol. The van der Waals surface area contributed by atoms with E-state index in [0.29, 0.717) is 0 Å². The number of hydrogen-bond acceptors (Lipinski definition) is 19. The highest BCUT2D eigenvalue weighted by atomic mass is 32.2. The van der Waals surface area contributed by atoms with Crippen molar-refractivity contribution in [3.05, 3.63) is 0 Å². The normalized spacial score (nSPS) is 42.9. The van der Waals surface area contributed by atoms with Crippen molar-refractivity contribution in [2.24, 2.45) is 0 Å². The largest absolute Gasteiger partial charge is 0.477 e. The molecule has 0 saturated carbocycles. The first-order chi connectivity index (χ1) is 17.2. The zero-order valence-corrected chi connectivity index (χ0v) is 20.5. The van der Waals surface area contributed by atoms with E-state index < -0.39 is 79.8 Å². The molecular weight excluding hydrogens is 544 g/mol. The van der Waals surface area contributed by atoms with E-state index in [-0.39, 0.29) is 24.6 Å². The van der Waals surface area contributed by atoms with Gasteiger partial charge in [0.2, 0.25) is 0 Å². The quantitative estimate of drug-likeness (QED) is 0.0787. The zero-order valence-electron chi connectivity index (χ0n) is 18.8. The monoisotopic (exact) mass is 570 g/mol. The van der Waals surface area contributed by atoms with Gasteiger partial charge in [0.1, 0.15) is 36.6 Å². The smallest absolute Gasteiger partial charge is 0.364 e. The van der Waals surface area contributed by atoms with Crippen molar-refractivity contribution in [1.29, 1.82) is 0 Å². The van der Waals surface area contributed by atoms with E-state index in [2.05, 4.69) is 18.7 Å². The molecule has 11 atom stereocenters. The van der Waals surface area contributed by atoms with Gasteiger partial charge in [-0.1, -0.05) is 10.1 Å². The van der Waals surface area contributed by atoms with Gasteiger partial charge in [-0.3, -0.25) is 8.37 Å². The maximum Gasteiger partial charge on any atom is 0.364 e. The summed E-state index contributed by atoms with van der Waals surface area (Å²) >= 11 is 0.358. The van der Waals surface area contributed by atoms with Crippen LogP contribution in [0, 0.1) is 0 Å². The van der Waals surface area contributed by atoms with Gasteiger partial charge in [-0.05, 0) is 6.92 Å². The minimum Gasteiger partial charge on any atom is -0.477 e. The van der Waals surface area contributed by atoms with Gasteiger partial charge in [0.05, 0.1) is 12.7 Å². The van der Waals surface area contributed by atoms with Crippen LogP contribution in [0.5, 0.6) is 0 Å². The number of aliphatic carboxylic acids is 1. The van der Waals surface area contributed by atoms with Crippen LogP contribution in [0.25, 0.3) is 0 Å². The maximum absolute atomic E-state index is 11.6. The lowest BCUT2D eigenvalue weighted by molar-refractivity contribution is -0.435. The topological polar surface area (TPSA) is 229 Å². The number of aliphatic hydroxyl groups excluding tert-OH is 2. The van der Waals surface area contributed by atoms with Gasteiger partial charge >= 0.3 is 5.97 Å². The fraction of sp³-hybridized carbons (Fsp3) is 0.938. The molecule has 0 radical (unpaired) electrons. The average molecular weight is 571 g/mol. The Bertz CT molecular complexity index is 706.